The number of hydrogen-bond acceptors (Lipinski definition) is 1. The highest BCUT2D eigenvalue weighted by Gasteiger charge is 2.31. The second-order valence-corrected chi connectivity index (χ2v) is 6.15. The van der Waals surface area contributed by atoms with Crippen molar-refractivity contribution in [2.75, 3.05) is 0 Å². The molecular weight excluding hydrogens is 282 g/mol. The largest absolute Gasteiger partial charge is 0.360 e. The summed E-state index contributed by atoms with van der Waals surface area (Å²) in [6.45, 7) is 3.90. The monoisotopic (exact) mass is 297 g/mol. The number of fused-ring (bicyclic) bond motifs is 1. The summed E-state index contributed by atoms with van der Waals surface area (Å²) in [6, 6.07) is 15.4. The molecule has 0 bridgehead atoms. The Labute approximate surface area is 128 Å². The maximum atomic E-state index is 13.0. The highest BCUT2D eigenvalue weighted by atomic mass is 35.5. The van der Waals surface area contributed by atoms with Crippen LogP contribution in [-0.2, 0) is 5.41 Å². The summed E-state index contributed by atoms with van der Waals surface area (Å²) in [5.74, 6) is 0.0854. The molecule has 0 aliphatic carbocycles. The van der Waals surface area contributed by atoms with Crippen LogP contribution in [0.5, 0.6) is 0 Å². The van der Waals surface area contributed by atoms with Crippen LogP contribution in [0.15, 0.2) is 54.7 Å². The average Bonchev–Trinajstić information content (AvgIpc) is 2.90. The van der Waals surface area contributed by atoms with Gasteiger partial charge >= 0.3 is 0 Å². The van der Waals surface area contributed by atoms with Crippen molar-refractivity contribution in [3.05, 3.63) is 70.9 Å². The lowest BCUT2D eigenvalue weighted by atomic mass is 9.78. The minimum absolute atomic E-state index is 0.0854. The summed E-state index contributed by atoms with van der Waals surface area (Å²) >= 11 is 6.06. The Morgan fingerprint density at radius 3 is 2.52 bits per heavy atom. The second-order valence-electron chi connectivity index (χ2n) is 5.71. The Bertz CT molecular complexity index is 802. The molecule has 2 nitrogen and oxygen atoms in total. The first kappa shape index (κ1) is 13.9. The van der Waals surface area contributed by atoms with Crippen molar-refractivity contribution < 1.29 is 4.79 Å². The number of rotatable bonds is 3. The fraction of sp³-hybridized carbons (Fsp3) is 0.167. The highest BCUT2D eigenvalue weighted by Crippen LogP contribution is 2.31. The predicted octanol–water partition coefficient (Wildman–Crippen LogP) is 4.98. The molecule has 0 saturated carbocycles. The Kier molecular flexibility index (Phi) is 3.34. The van der Waals surface area contributed by atoms with E-state index in [9.17, 15) is 4.79 Å². The molecule has 0 unspecified atom stereocenters. The van der Waals surface area contributed by atoms with Crippen molar-refractivity contribution in [3.8, 4) is 0 Å². The first-order valence-corrected chi connectivity index (χ1v) is 7.25. The first-order valence-electron chi connectivity index (χ1n) is 6.87. The van der Waals surface area contributed by atoms with E-state index in [0.717, 1.165) is 16.5 Å². The van der Waals surface area contributed by atoms with Gasteiger partial charge in [-0.2, -0.15) is 0 Å². The zero-order valence-electron chi connectivity index (χ0n) is 12.0. The Hall–Kier alpha value is -2.06. The van der Waals surface area contributed by atoms with Gasteiger partial charge in [0.05, 0.1) is 5.41 Å². The van der Waals surface area contributed by atoms with Gasteiger partial charge in [0.15, 0.2) is 5.78 Å². The highest BCUT2D eigenvalue weighted by molar-refractivity contribution is 6.31. The molecule has 1 aromatic heterocycles. The number of H-pyrrole nitrogens is 1. The number of ketones is 1. The van der Waals surface area contributed by atoms with Gasteiger partial charge in [0.2, 0.25) is 0 Å². The number of aromatic nitrogens is 1. The molecule has 1 heterocycles. The van der Waals surface area contributed by atoms with Gasteiger partial charge in [-0.05, 0) is 37.6 Å². The van der Waals surface area contributed by atoms with E-state index in [-0.39, 0.29) is 5.78 Å². The van der Waals surface area contributed by atoms with Crippen LogP contribution >= 0.6 is 11.6 Å². The number of carbonyl (C=O) groups is 1. The summed E-state index contributed by atoms with van der Waals surface area (Å²) < 4.78 is 0. The van der Waals surface area contributed by atoms with Crippen LogP contribution in [0.2, 0.25) is 5.02 Å². The van der Waals surface area contributed by atoms with E-state index in [1.165, 1.54) is 0 Å². The van der Waals surface area contributed by atoms with Crippen molar-refractivity contribution in [1.82, 2.24) is 4.98 Å². The lowest BCUT2D eigenvalue weighted by molar-refractivity contribution is 0.0910. The topological polar surface area (TPSA) is 32.9 Å². The van der Waals surface area contributed by atoms with E-state index >= 15 is 0 Å². The van der Waals surface area contributed by atoms with Gasteiger partial charge in [-0.15, -0.1) is 0 Å². The molecule has 2 aromatic carbocycles. The minimum atomic E-state index is -0.585. The van der Waals surface area contributed by atoms with Crippen molar-refractivity contribution >= 4 is 28.3 Å². The summed E-state index contributed by atoms with van der Waals surface area (Å²) in [6.07, 6.45) is 1.77. The Balaban J connectivity index is 2.10. The lowest BCUT2D eigenvalue weighted by Crippen LogP contribution is -2.28. The predicted molar refractivity (Wildman–Crippen MR) is 87.1 cm³/mol. The number of nitrogens with one attached hydrogen (secondary N) is 1. The van der Waals surface area contributed by atoms with Gasteiger partial charge in [-0.25, -0.2) is 0 Å². The normalized spacial score (nSPS) is 11.8. The van der Waals surface area contributed by atoms with E-state index in [1.807, 2.05) is 62.4 Å². The molecule has 3 heteroatoms. The number of aromatic amines is 1. The first-order chi connectivity index (χ1) is 10.00. The summed E-state index contributed by atoms with van der Waals surface area (Å²) in [5, 5.41) is 1.50. The van der Waals surface area contributed by atoms with Gasteiger partial charge < -0.3 is 4.98 Å². The third-order valence-corrected chi connectivity index (χ3v) is 4.19. The van der Waals surface area contributed by atoms with Gasteiger partial charge in [0.1, 0.15) is 0 Å². The smallest absolute Gasteiger partial charge is 0.174 e. The van der Waals surface area contributed by atoms with Gasteiger partial charge in [-0.3, -0.25) is 4.79 Å². The SMILES string of the molecule is CC(C)(C(=O)c1c[nH]c2ccc(Cl)cc12)c1ccccc1. The van der Waals surface area contributed by atoms with Crippen LogP contribution in [0, 0.1) is 0 Å². The molecule has 0 aliphatic heterocycles. The van der Waals surface area contributed by atoms with Gasteiger partial charge in [0, 0.05) is 27.7 Å². The molecule has 0 aliphatic rings. The molecule has 0 amide bonds. The zero-order valence-corrected chi connectivity index (χ0v) is 12.7. The molecule has 106 valence electrons. The maximum absolute atomic E-state index is 13.0. The molecule has 0 fully saturated rings. The molecule has 21 heavy (non-hydrogen) atoms. The Morgan fingerprint density at radius 2 is 1.81 bits per heavy atom. The van der Waals surface area contributed by atoms with Crippen LogP contribution < -0.4 is 0 Å². The minimum Gasteiger partial charge on any atom is -0.360 e. The van der Waals surface area contributed by atoms with Crippen LogP contribution in [0.4, 0.5) is 0 Å². The molecule has 0 saturated heterocycles. The van der Waals surface area contributed by atoms with E-state index in [0.29, 0.717) is 10.6 Å². The lowest BCUT2D eigenvalue weighted by Gasteiger charge is -2.23. The second kappa shape index (κ2) is 5.05. The van der Waals surface area contributed by atoms with E-state index in [2.05, 4.69) is 4.98 Å². The van der Waals surface area contributed by atoms with E-state index < -0.39 is 5.41 Å². The number of carbonyl (C=O) groups excluding carboxylic acids is 1. The number of hydrogen-bond donors (Lipinski definition) is 1. The van der Waals surface area contributed by atoms with Gasteiger partial charge in [-0.1, -0.05) is 41.9 Å². The third-order valence-electron chi connectivity index (χ3n) is 3.95. The van der Waals surface area contributed by atoms with E-state index in [1.54, 1.807) is 6.20 Å². The average molecular weight is 298 g/mol. The standard InChI is InChI=1S/C18H16ClNO/c1-18(2,12-6-4-3-5-7-12)17(21)15-11-20-16-9-8-13(19)10-14(15)16/h3-11,20H,1-2H3. The van der Waals surface area contributed by atoms with Crippen molar-refractivity contribution in [2.24, 2.45) is 0 Å². The van der Waals surface area contributed by atoms with Crippen molar-refractivity contribution in [1.29, 1.82) is 0 Å². The molecule has 0 spiro atoms. The Morgan fingerprint density at radius 1 is 1.10 bits per heavy atom. The summed E-state index contributed by atoms with van der Waals surface area (Å²) in [5.41, 5.74) is 2.03. The van der Waals surface area contributed by atoms with Crippen LogP contribution in [0.25, 0.3) is 10.9 Å². The van der Waals surface area contributed by atoms with Crippen LogP contribution in [-0.4, -0.2) is 10.8 Å². The number of benzene rings is 2. The molecule has 3 rings (SSSR count). The quantitative estimate of drug-likeness (QED) is 0.679. The van der Waals surface area contributed by atoms with Crippen LogP contribution in [0.3, 0.4) is 0 Å². The fourth-order valence-corrected chi connectivity index (χ4v) is 2.78. The van der Waals surface area contributed by atoms with Gasteiger partial charge in [0.25, 0.3) is 0 Å². The number of halogens is 1. The molecule has 0 atom stereocenters. The summed E-state index contributed by atoms with van der Waals surface area (Å²) in [4.78, 5) is 16.1. The molecule has 1 N–H and O–H groups in total. The summed E-state index contributed by atoms with van der Waals surface area (Å²) in [7, 11) is 0. The zero-order chi connectivity index (χ0) is 15.0. The third kappa shape index (κ3) is 2.36. The van der Waals surface area contributed by atoms with Crippen molar-refractivity contribution in [3.63, 3.8) is 0 Å². The van der Waals surface area contributed by atoms with E-state index in [4.69, 9.17) is 11.6 Å². The molecule has 3 aromatic rings. The number of Topliss-reactive ketones (excluding diaryl/α,β-unsaturated/α-hetero) is 1. The fourth-order valence-electron chi connectivity index (χ4n) is 2.60. The molecular formula is C18H16ClNO. The van der Waals surface area contributed by atoms with Crippen LogP contribution in [0.1, 0.15) is 29.8 Å². The van der Waals surface area contributed by atoms with Crippen molar-refractivity contribution in [2.45, 2.75) is 19.3 Å². The molecule has 0 radical (unpaired) electrons. The maximum Gasteiger partial charge on any atom is 0.174 e.